The minimum atomic E-state index is -0.229. The number of aryl methyl sites for hydroxylation is 1. The number of halogens is 1. The number of aromatic nitrogens is 1. The second-order valence-electron chi connectivity index (χ2n) is 8.39. The van der Waals surface area contributed by atoms with Crippen molar-refractivity contribution in [1.82, 2.24) is 9.88 Å². The molecule has 0 bridgehead atoms. The maximum absolute atomic E-state index is 14.1. The number of rotatable bonds is 2. The van der Waals surface area contributed by atoms with Crippen molar-refractivity contribution < 1.29 is 4.39 Å². The second kappa shape index (κ2) is 8.03. The highest BCUT2D eigenvalue weighted by Crippen LogP contribution is 2.38. The third kappa shape index (κ3) is 3.94. The molecular formula is C23H28FN5. The average Bonchev–Trinajstić information content (AvgIpc) is 2.82. The first-order chi connectivity index (χ1) is 13.9. The Morgan fingerprint density at radius 2 is 1.90 bits per heavy atom. The van der Waals surface area contributed by atoms with Crippen LogP contribution in [0.2, 0.25) is 0 Å². The molecule has 2 N–H and O–H groups in total. The standard InChI is InChI=1S/C23H28FN5/c1-15-5-10-20-18(12-15)13-28(2)14-21(25)29(20)23(26)17-8-6-16(7-9-17)22-19(24)4-3-11-27-22/h3-5,10-12,16-17,25-26H,6-9,13-14H2,1-2H3. The van der Waals surface area contributed by atoms with Crippen molar-refractivity contribution in [2.45, 2.75) is 45.1 Å². The highest BCUT2D eigenvalue weighted by Gasteiger charge is 2.33. The van der Waals surface area contributed by atoms with Gasteiger partial charge < -0.3 is 0 Å². The van der Waals surface area contributed by atoms with Gasteiger partial charge in [-0.25, -0.2) is 4.39 Å². The summed E-state index contributed by atoms with van der Waals surface area (Å²) in [6, 6.07) is 9.36. The van der Waals surface area contributed by atoms with Gasteiger partial charge in [-0.15, -0.1) is 0 Å². The number of benzene rings is 1. The number of hydrogen-bond acceptors (Lipinski definition) is 4. The summed E-state index contributed by atoms with van der Waals surface area (Å²) in [7, 11) is 2.01. The average molecular weight is 394 g/mol. The van der Waals surface area contributed by atoms with E-state index in [9.17, 15) is 4.39 Å². The Bertz CT molecular complexity index is 933. The van der Waals surface area contributed by atoms with Crippen LogP contribution in [0.25, 0.3) is 0 Å². The van der Waals surface area contributed by atoms with Crippen LogP contribution in [-0.2, 0) is 6.54 Å². The third-order valence-electron chi connectivity index (χ3n) is 6.13. The van der Waals surface area contributed by atoms with Crippen molar-refractivity contribution in [3.05, 3.63) is 59.2 Å². The lowest BCUT2D eigenvalue weighted by molar-refractivity contribution is 0.373. The number of fused-ring (bicyclic) bond motifs is 1. The normalized spacial score (nSPS) is 22.9. The van der Waals surface area contributed by atoms with Gasteiger partial charge in [-0.05, 0) is 63.4 Å². The molecule has 152 valence electrons. The van der Waals surface area contributed by atoms with E-state index in [0.717, 1.165) is 43.5 Å². The summed E-state index contributed by atoms with van der Waals surface area (Å²) in [6.45, 7) is 3.36. The van der Waals surface area contributed by atoms with Gasteiger partial charge in [-0.2, -0.15) is 0 Å². The predicted molar refractivity (Wildman–Crippen MR) is 114 cm³/mol. The molecule has 2 aliphatic rings. The molecule has 0 unspecified atom stereocenters. The Balaban J connectivity index is 1.54. The van der Waals surface area contributed by atoms with Crippen LogP contribution >= 0.6 is 0 Å². The van der Waals surface area contributed by atoms with Crippen LogP contribution in [0.15, 0.2) is 36.5 Å². The van der Waals surface area contributed by atoms with E-state index in [4.69, 9.17) is 10.8 Å². The van der Waals surface area contributed by atoms with E-state index in [-0.39, 0.29) is 17.7 Å². The lowest BCUT2D eigenvalue weighted by Gasteiger charge is -2.34. The third-order valence-corrected chi connectivity index (χ3v) is 6.13. The monoisotopic (exact) mass is 393 g/mol. The summed E-state index contributed by atoms with van der Waals surface area (Å²) in [5.41, 5.74) is 3.86. The van der Waals surface area contributed by atoms with Gasteiger partial charge in [0.25, 0.3) is 0 Å². The summed E-state index contributed by atoms with van der Waals surface area (Å²) in [6.07, 6.45) is 4.94. The zero-order valence-electron chi connectivity index (χ0n) is 17.1. The molecule has 1 saturated carbocycles. The minimum Gasteiger partial charge on any atom is -0.295 e. The molecule has 1 aliphatic carbocycles. The van der Waals surface area contributed by atoms with Crippen LogP contribution < -0.4 is 4.90 Å². The molecule has 0 saturated heterocycles. The van der Waals surface area contributed by atoms with Crippen molar-refractivity contribution in [3.8, 4) is 0 Å². The molecule has 1 fully saturated rings. The zero-order valence-corrected chi connectivity index (χ0v) is 17.1. The van der Waals surface area contributed by atoms with Gasteiger partial charge in [-0.3, -0.25) is 25.6 Å². The van der Waals surface area contributed by atoms with Gasteiger partial charge in [-0.1, -0.05) is 17.7 Å². The van der Waals surface area contributed by atoms with E-state index in [2.05, 4.69) is 28.9 Å². The molecule has 2 aromatic rings. The molecule has 6 heteroatoms. The molecule has 29 heavy (non-hydrogen) atoms. The minimum absolute atomic E-state index is 0.0796. The Kier molecular flexibility index (Phi) is 5.46. The van der Waals surface area contributed by atoms with Crippen LogP contribution in [0.4, 0.5) is 10.1 Å². The van der Waals surface area contributed by atoms with E-state index >= 15 is 0 Å². The maximum Gasteiger partial charge on any atom is 0.144 e. The van der Waals surface area contributed by atoms with Crippen LogP contribution in [0.3, 0.4) is 0 Å². The largest absolute Gasteiger partial charge is 0.295 e. The predicted octanol–water partition coefficient (Wildman–Crippen LogP) is 4.71. The SMILES string of the molecule is Cc1ccc2c(c1)CN(C)CC(=N)N2C(=N)C1CCC(c2ncccc2F)CC1. The molecular weight excluding hydrogens is 365 g/mol. The zero-order chi connectivity index (χ0) is 20.5. The first-order valence-electron chi connectivity index (χ1n) is 10.3. The molecule has 5 nitrogen and oxygen atoms in total. The van der Waals surface area contributed by atoms with Crippen molar-refractivity contribution >= 4 is 17.4 Å². The number of amidine groups is 2. The Labute approximate surface area is 171 Å². The fourth-order valence-electron chi connectivity index (χ4n) is 4.67. The molecule has 2 heterocycles. The first-order valence-corrected chi connectivity index (χ1v) is 10.3. The topological polar surface area (TPSA) is 67.1 Å². The van der Waals surface area contributed by atoms with Gasteiger partial charge >= 0.3 is 0 Å². The number of nitrogens with one attached hydrogen (secondary N) is 2. The van der Waals surface area contributed by atoms with Crippen molar-refractivity contribution in [3.63, 3.8) is 0 Å². The first kappa shape index (κ1) is 19.7. The molecule has 4 rings (SSSR count). The van der Waals surface area contributed by atoms with Gasteiger partial charge in [0.1, 0.15) is 17.5 Å². The van der Waals surface area contributed by atoms with E-state index < -0.39 is 0 Å². The Morgan fingerprint density at radius 1 is 1.14 bits per heavy atom. The van der Waals surface area contributed by atoms with Gasteiger partial charge in [0.15, 0.2) is 0 Å². The lowest BCUT2D eigenvalue weighted by Crippen LogP contribution is -2.43. The molecule has 1 aromatic heterocycles. The molecule has 0 atom stereocenters. The van der Waals surface area contributed by atoms with Crippen molar-refractivity contribution in [1.29, 1.82) is 10.8 Å². The highest BCUT2D eigenvalue weighted by molar-refractivity contribution is 6.19. The second-order valence-corrected chi connectivity index (χ2v) is 8.39. The van der Waals surface area contributed by atoms with E-state index in [0.29, 0.717) is 23.9 Å². The van der Waals surface area contributed by atoms with Crippen LogP contribution in [0, 0.1) is 29.5 Å². The molecule has 1 aliphatic heterocycles. The van der Waals surface area contributed by atoms with Crippen molar-refractivity contribution in [2.24, 2.45) is 5.92 Å². The van der Waals surface area contributed by atoms with E-state index in [1.165, 1.54) is 11.6 Å². The Hall–Kier alpha value is -2.60. The number of likely N-dealkylation sites (N-methyl/N-ethyl adjacent to an activating group) is 1. The molecule has 1 aromatic carbocycles. The highest BCUT2D eigenvalue weighted by atomic mass is 19.1. The van der Waals surface area contributed by atoms with Gasteiger partial charge in [0, 0.05) is 24.6 Å². The van der Waals surface area contributed by atoms with Gasteiger partial charge in [0.2, 0.25) is 0 Å². The summed E-state index contributed by atoms with van der Waals surface area (Å²) in [4.78, 5) is 8.21. The van der Waals surface area contributed by atoms with Crippen molar-refractivity contribution in [2.75, 3.05) is 18.5 Å². The summed E-state index contributed by atoms with van der Waals surface area (Å²) in [5, 5.41) is 17.6. The summed E-state index contributed by atoms with van der Waals surface area (Å²) in [5.74, 6) is 0.904. The van der Waals surface area contributed by atoms with Gasteiger partial charge in [0.05, 0.1) is 17.9 Å². The maximum atomic E-state index is 14.1. The summed E-state index contributed by atoms with van der Waals surface area (Å²) < 4.78 is 14.1. The number of pyridine rings is 1. The number of nitrogens with zero attached hydrogens (tertiary/aromatic N) is 3. The Morgan fingerprint density at radius 3 is 2.62 bits per heavy atom. The number of hydrogen-bond donors (Lipinski definition) is 2. The quantitative estimate of drug-likeness (QED) is 0.574. The fraction of sp³-hybridized carbons (Fsp3) is 0.435. The van der Waals surface area contributed by atoms with E-state index in [1.807, 2.05) is 18.0 Å². The van der Waals surface area contributed by atoms with Crippen LogP contribution in [-0.4, -0.2) is 35.1 Å². The summed E-state index contributed by atoms with van der Waals surface area (Å²) >= 11 is 0. The molecule has 0 amide bonds. The number of anilines is 1. The fourth-order valence-corrected chi connectivity index (χ4v) is 4.67. The van der Waals surface area contributed by atoms with E-state index in [1.54, 1.807) is 12.3 Å². The molecule has 0 spiro atoms. The molecule has 0 radical (unpaired) electrons. The van der Waals surface area contributed by atoms with Crippen LogP contribution in [0.1, 0.15) is 48.4 Å². The smallest absolute Gasteiger partial charge is 0.144 e. The lowest BCUT2D eigenvalue weighted by atomic mass is 9.79. The van der Waals surface area contributed by atoms with Crippen LogP contribution in [0.5, 0.6) is 0 Å².